The Kier molecular flexibility index (Phi) is 3.90. The van der Waals surface area contributed by atoms with Gasteiger partial charge in [-0.05, 0) is 26.0 Å². The predicted molar refractivity (Wildman–Crippen MR) is 75.8 cm³/mol. The van der Waals surface area contributed by atoms with E-state index in [4.69, 9.17) is 11.6 Å². The number of halogens is 1. The van der Waals surface area contributed by atoms with E-state index in [0.717, 1.165) is 0 Å². The van der Waals surface area contributed by atoms with Gasteiger partial charge in [0.1, 0.15) is 5.56 Å². The van der Waals surface area contributed by atoms with E-state index in [2.05, 4.69) is 5.10 Å². The average Bonchev–Trinajstić information content (AvgIpc) is 2.73. The van der Waals surface area contributed by atoms with Crippen molar-refractivity contribution in [2.75, 3.05) is 0 Å². The Morgan fingerprint density at radius 1 is 1.25 bits per heavy atom. The van der Waals surface area contributed by atoms with Gasteiger partial charge < -0.3 is 0 Å². The smallest absolute Gasteiger partial charge is 0.282 e. The highest BCUT2D eigenvalue weighted by Crippen LogP contribution is 2.12. The maximum Gasteiger partial charge on any atom is 0.282 e. The second-order valence-corrected chi connectivity index (χ2v) is 4.86. The van der Waals surface area contributed by atoms with Crippen LogP contribution in [-0.4, -0.2) is 26.7 Å². The Labute approximate surface area is 120 Å². The molecule has 0 saturated heterocycles. The molecular weight excluding hydrogens is 280 g/mol. The number of aryl methyl sites for hydroxylation is 1. The summed E-state index contributed by atoms with van der Waals surface area (Å²) in [6.07, 6.45) is 0. The lowest BCUT2D eigenvalue weighted by Crippen LogP contribution is -2.28. The highest BCUT2D eigenvalue weighted by molar-refractivity contribution is 6.44. The van der Waals surface area contributed by atoms with E-state index < -0.39 is 22.5 Å². The van der Waals surface area contributed by atoms with Crippen molar-refractivity contribution in [1.29, 1.82) is 0 Å². The maximum absolute atomic E-state index is 12.3. The van der Waals surface area contributed by atoms with Crippen molar-refractivity contribution < 1.29 is 9.59 Å². The Balaban J connectivity index is 2.53. The molecule has 6 heteroatoms. The second-order valence-electron chi connectivity index (χ2n) is 4.43. The number of hydrogen-bond donors (Lipinski definition) is 1. The molecule has 1 atom stereocenters. The number of aromatic amines is 1. The fourth-order valence-electron chi connectivity index (χ4n) is 1.91. The number of ketones is 2. The van der Waals surface area contributed by atoms with Gasteiger partial charge >= 0.3 is 0 Å². The van der Waals surface area contributed by atoms with Gasteiger partial charge in [0.25, 0.3) is 5.56 Å². The van der Waals surface area contributed by atoms with E-state index in [9.17, 15) is 14.4 Å². The molecular formula is C14H13ClN2O3. The third-order valence-corrected chi connectivity index (χ3v) is 3.42. The summed E-state index contributed by atoms with van der Waals surface area (Å²) in [5.41, 5.74) is 0.402. The van der Waals surface area contributed by atoms with Crippen LogP contribution in [0.3, 0.4) is 0 Å². The minimum atomic E-state index is -1.33. The summed E-state index contributed by atoms with van der Waals surface area (Å²) in [6.45, 7) is 2.81. The molecule has 1 aromatic heterocycles. The van der Waals surface area contributed by atoms with Gasteiger partial charge in [0, 0.05) is 5.69 Å². The van der Waals surface area contributed by atoms with E-state index in [0.29, 0.717) is 11.4 Å². The minimum absolute atomic E-state index is 0.0796. The number of hydrogen-bond acceptors (Lipinski definition) is 3. The lowest BCUT2D eigenvalue weighted by atomic mass is 10.1. The average molecular weight is 293 g/mol. The van der Waals surface area contributed by atoms with Gasteiger partial charge in [0.15, 0.2) is 16.9 Å². The largest absolute Gasteiger partial charge is 0.298 e. The summed E-state index contributed by atoms with van der Waals surface area (Å²) in [7, 11) is 0. The van der Waals surface area contributed by atoms with E-state index in [-0.39, 0.29) is 5.56 Å². The fourth-order valence-corrected chi connectivity index (χ4v) is 2.02. The quantitative estimate of drug-likeness (QED) is 0.531. The zero-order valence-corrected chi connectivity index (χ0v) is 11.8. The number of carbonyl (C=O) groups excluding carboxylic acids is 2. The van der Waals surface area contributed by atoms with Crippen LogP contribution in [0.25, 0.3) is 5.69 Å². The Hall–Kier alpha value is -2.14. The molecule has 0 aliphatic carbocycles. The van der Waals surface area contributed by atoms with Gasteiger partial charge in [-0.15, -0.1) is 11.6 Å². The summed E-state index contributed by atoms with van der Waals surface area (Å²) in [5, 5.41) is 1.49. The number of alkyl halides is 1. The van der Waals surface area contributed by atoms with Gasteiger partial charge in [-0.2, -0.15) is 0 Å². The molecule has 0 radical (unpaired) electrons. The molecule has 1 N–H and O–H groups in total. The van der Waals surface area contributed by atoms with E-state index >= 15 is 0 Å². The fraction of sp³-hybridized carbons (Fsp3) is 0.214. The molecule has 0 fully saturated rings. The van der Waals surface area contributed by atoms with Gasteiger partial charge in [-0.3, -0.25) is 19.5 Å². The molecule has 0 saturated carbocycles. The molecule has 5 nitrogen and oxygen atoms in total. The Morgan fingerprint density at radius 3 is 2.40 bits per heavy atom. The van der Waals surface area contributed by atoms with Gasteiger partial charge in [0.2, 0.25) is 0 Å². The molecule has 0 amide bonds. The van der Waals surface area contributed by atoms with Crippen LogP contribution in [0.5, 0.6) is 0 Å². The van der Waals surface area contributed by atoms with Crippen molar-refractivity contribution in [3.8, 4) is 5.69 Å². The lowest BCUT2D eigenvalue weighted by molar-refractivity contribution is -0.115. The van der Waals surface area contributed by atoms with Crippen molar-refractivity contribution >= 4 is 23.2 Å². The minimum Gasteiger partial charge on any atom is -0.298 e. The van der Waals surface area contributed by atoms with Crippen LogP contribution in [0, 0.1) is 6.92 Å². The molecule has 0 unspecified atom stereocenters. The third-order valence-electron chi connectivity index (χ3n) is 2.92. The molecule has 0 bridgehead atoms. The van der Waals surface area contributed by atoms with Crippen LogP contribution >= 0.6 is 11.6 Å². The van der Waals surface area contributed by atoms with Crippen molar-refractivity contribution in [3.05, 3.63) is 51.9 Å². The molecule has 0 aliphatic rings. The highest BCUT2D eigenvalue weighted by Gasteiger charge is 2.28. The van der Waals surface area contributed by atoms with Crippen molar-refractivity contribution in [3.63, 3.8) is 0 Å². The normalized spacial score (nSPS) is 12.2. The number of para-hydroxylation sites is 1. The van der Waals surface area contributed by atoms with E-state index in [1.807, 2.05) is 6.07 Å². The molecule has 1 aromatic carbocycles. The maximum atomic E-state index is 12.3. The summed E-state index contributed by atoms with van der Waals surface area (Å²) >= 11 is 5.74. The van der Waals surface area contributed by atoms with Crippen LogP contribution in [0.1, 0.15) is 23.0 Å². The molecule has 0 aliphatic heterocycles. The van der Waals surface area contributed by atoms with Crippen molar-refractivity contribution in [2.45, 2.75) is 19.2 Å². The van der Waals surface area contributed by atoms with Crippen LogP contribution in [-0.2, 0) is 4.79 Å². The summed E-state index contributed by atoms with van der Waals surface area (Å²) < 4.78 is 1.26. The van der Waals surface area contributed by atoms with Gasteiger partial charge in [0.05, 0.1) is 5.69 Å². The standard InChI is InChI=1S/C14H13ClN2O3/c1-8-11(13(19)12(15)9(2)18)14(20)17(16-8)10-6-4-3-5-7-10/h3-7,12,16H,1-2H3/t12-/m0/s1. The first kappa shape index (κ1) is 14.3. The van der Waals surface area contributed by atoms with Crippen LogP contribution in [0.4, 0.5) is 0 Å². The summed E-state index contributed by atoms with van der Waals surface area (Å²) in [4.78, 5) is 35.6. The molecule has 20 heavy (non-hydrogen) atoms. The van der Waals surface area contributed by atoms with Crippen molar-refractivity contribution in [1.82, 2.24) is 9.78 Å². The van der Waals surface area contributed by atoms with E-state index in [1.54, 1.807) is 31.2 Å². The summed E-state index contributed by atoms with van der Waals surface area (Å²) in [5.74, 6) is -1.16. The van der Waals surface area contributed by atoms with E-state index in [1.165, 1.54) is 11.6 Å². The number of nitrogens with zero attached hydrogens (tertiary/aromatic N) is 1. The topological polar surface area (TPSA) is 71.9 Å². The first-order valence-corrected chi connectivity index (χ1v) is 6.43. The van der Waals surface area contributed by atoms with Gasteiger partial charge in [-0.1, -0.05) is 18.2 Å². The summed E-state index contributed by atoms with van der Waals surface area (Å²) in [6, 6.07) is 8.84. The number of nitrogens with one attached hydrogen (secondary N) is 1. The molecule has 0 spiro atoms. The number of rotatable bonds is 4. The zero-order valence-electron chi connectivity index (χ0n) is 11.0. The number of aromatic nitrogens is 2. The number of Topliss-reactive ketones (excluding diaryl/α,β-unsaturated/α-hetero) is 2. The SMILES string of the molecule is CC(=O)[C@H](Cl)C(=O)c1c(C)[nH]n(-c2ccccc2)c1=O. The third kappa shape index (κ3) is 2.44. The van der Waals surface area contributed by atoms with Crippen molar-refractivity contribution in [2.24, 2.45) is 0 Å². The lowest BCUT2D eigenvalue weighted by Gasteiger charge is -2.02. The molecule has 104 valence electrons. The molecule has 1 heterocycles. The number of benzene rings is 1. The number of carbonyl (C=O) groups is 2. The van der Waals surface area contributed by atoms with Crippen LogP contribution in [0.15, 0.2) is 35.1 Å². The van der Waals surface area contributed by atoms with Crippen LogP contribution < -0.4 is 5.56 Å². The second kappa shape index (κ2) is 5.46. The Morgan fingerprint density at radius 2 is 1.85 bits per heavy atom. The number of H-pyrrole nitrogens is 1. The monoisotopic (exact) mass is 292 g/mol. The van der Waals surface area contributed by atoms with Gasteiger partial charge in [-0.25, -0.2) is 4.68 Å². The Bertz CT molecular complexity index is 716. The van der Waals surface area contributed by atoms with Crippen LogP contribution in [0.2, 0.25) is 0 Å². The first-order chi connectivity index (χ1) is 9.43. The molecule has 2 aromatic rings. The molecule has 2 rings (SSSR count). The first-order valence-electron chi connectivity index (χ1n) is 5.99. The highest BCUT2D eigenvalue weighted by atomic mass is 35.5. The predicted octanol–water partition coefficient (Wildman–Crippen LogP) is 1.85. The zero-order chi connectivity index (χ0) is 14.9.